The zero-order chi connectivity index (χ0) is 13.5. The number of hydrogen-bond acceptors (Lipinski definition) is 4. The first-order chi connectivity index (χ1) is 9.29. The summed E-state index contributed by atoms with van der Waals surface area (Å²) in [6.45, 7) is 3.74. The number of hydrogen-bond donors (Lipinski definition) is 2. The molecule has 0 aromatic rings. The second-order valence-electron chi connectivity index (χ2n) is 5.64. The summed E-state index contributed by atoms with van der Waals surface area (Å²) in [5, 5.41) is 3.00. The number of likely N-dealkylation sites (tertiary alicyclic amines) is 1. The minimum absolute atomic E-state index is 0.124. The Bertz CT molecular complexity index is 278. The third-order valence-electron chi connectivity index (χ3n) is 4.15. The van der Waals surface area contributed by atoms with E-state index in [9.17, 15) is 4.79 Å². The Morgan fingerprint density at radius 1 is 1.32 bits per heavy atom. The van der Waals surface area contributed by atoms with Gasteiger partial charge in [0.05, 0.1) is 12.6 Å². The van der Waals surface area contributed by atoms with E-state index < -0.39 is 0 Å². The highest BCUT2D eigenvalue weighted by atomic mass is 16.5. The van der Waals surface area contributed by atoms with Gasteiger partial charge < -0.3 is 15.8 Å². The molecule has 0 aliphatic carbocycles. The summed E-state index contributed by atoms with van der Waals surface area (Å²) >= 11 is 0. The molecule has 2 aliphatic rings. The molecule has 2 rings (SSSR count). The number of carbonyl (C=O) groups is 1. The fourth-order valence-electron chi connectivity index (χ4n) is 3.06. The summed E-state index contributed by atoms with van der Waals surface area (Å²) in [4.78, 5) is 14.3. The van der Waals surface area contributed by atoms with Gasteiger partial charge in [-0.2, -0.15) is 0 Å². The van der Waals surface area contributed by atoms with Crippen LogP contribution >= 0.6 is 0 Å². The Morgan fingerprint density at radius 3 is 2.95 bits per heavy atom. The van der Waals surface area contributed by atoms with Gasteiger partial charge >= 0.3 is 0 Å². The predicted molar refractivity (Wildman–Crippen MR) is 74.9 cm³/mol. The quantitative estimate of drug-likeness (QED) is 0.736. The number of carbonyl (C=O) groups excluding carboxylic acids is 1. The van der Waals surface area contributed by atoms with Crippen LogP contribution in [-0.2, 0) is 9.53 Å². The number of amides is 1. The molecule has 19 heavy (non-hydrogen) atoms. The number of piperidine rings is 1. The molecule has 2 atom stereocenters. The molecule has 3 N–H and O–H groups in total. The molecule has 0 radical (unpaired) electrons. The van der Waals surface area contributed by atoms with Crippen LogP contribution in [0.5, 0.6) is 0 Å². The Morgan fingerprint density at radius 2 is 2.21 bits per heavy atom. The Balaban J connectivity index is 1.69. The van der Waals surface area contributed by atoms with Gasteiger partial charge in [-0.05, 0) is 45.2 Å². The van der Waals surface area contributed by atoms with Crippen LogP contribution in [0.4, 0.5) is 0 Å². The van der Waals surface area contributed by atoms with E-state index in [-0.39, 0.29) is 12.0 Å². The summed E-state index contributed by atoms with van der Waals surface area (Å²) in [5.74, 6) is 0.124. The highest BCUT2D eigenvalue weighted by Crippen LogP contribution is 2.18. The summed E-state index contributed by atoms with van der Waals surface area (Å²) < 4.78 is 5.51. The summed E-state index contributed by atoms with van der Waals surface area (Å²) in [6, 6.07) is 0.493. The molecule has 5 heteroatoms. The van der Waals surface area contributed by atoms with Crippen molar-refractivity contribution in [2.45, 2.75) is 50.7 Å². The second kappa shape index (κ2) is 7.82. The molecule has 1 amide bonds. The van der Waals surface area contributed by atoms with E-state index in [1.54, 1.807) is 0 Å². The Labute approximate surface area is 115 Å². The molecule has 2 heterocycles. The van der Waals surface area contributed by atoms with Gasteiger partial charge in [0, 0.05) is 19.2 Å². The molecule has 110 valence electrons. The van der Waals surface area contributed by atoms with Crippen molar-refractivity contribution in [3.05, 3.63) is 0 Å². The summed E-state index contributed by atoms with van der Waals surface area (Å²) in [7, 11) is 0. The molecule has 0 aromatic heterocycles. The lowest BCUT2D eigenvalue weighted by molar-refractivity contribution is -0.123. The van der Waals surface area contributed by atoms with Gasteiger partial charge in [0.1, 0.15) is 0 Å². The van der Waals surface area contributed by atoms with Gasteiger partial charge in [-0.25, -0.2) is 0 Å². The van der Waals surface area contributed by atoms with E-state index in [4.69, 9.17) is 10.5 Å². The lowest BCUT2D eigenvalue weighted by Gasteiger charge is -2.35. The van der Waals surface area contributed by atoms with Crippen LogP contribution in [0, 0.1) is 0 Å². The monoisotopic (exact) mass is 269 g/mol. The summed E-state index contributed by atoms with van der Waals surface area (Å²) in [6.07, 6.45) is 7.05. The van der Waals surface area contributed by atoms with E-state index in [0.717, 1.165) is 32.4 Å². The van der Waals surface area contributed by atoms with Gasteiger partial charge in [0.25, 0.3) is 0 Å². The zero-order valence-corrected chi connectivity index (χ0v) is 11.8. The van der Waals surface area contributed by atoms with Crippen molar-refractivity contribution in [2.75, 3.05) is 32.8 Å². The molecule has 2 saturated heterocycles. The molecule has 0 bridgehead atoms. The maximum Gasteiger partial charge on any atom is 0.234 e. The van der Waals surface area contributed by atoms with Crippen molar-refractivity contribution < 1.29 is 9.53 Å². The van der Waals surface area contributed by atoms with E-state index in [0.29, 0.717) is 25.7 Å². The van der Waals surface area contributed by atoms with E-state index in [1.807, 2.05) is 0 Å². The minimum Gasteiger partial charge on any atom is -0.376 e. The topological polar surface area (TPSA) is 67.6 Å². The fraction of sp³-hybridized carbons (Fsp3) is 0.929. The zero-order valence-electron chi connectivity index (χ0n) is 11.8. The molecule has 5 nitrogen and oxygen atoms in total. The first-order valence-electron chi connectivity index (χ1n) is 7.62. The number of nitrogens with one attached hydrogen (secondary N) is 1. The lowest BCUT2D eigenvalue weighted by Crippen LogP contribution is -2.47. The smallest absolute Gasteiger partial charge is 0.234 e. The molecular formula is C14H27N3O2. The van der Waals surface area contributed by atoms with E-state index in [1.165, 1.54) is 19.3 Å². The van der Waals surface area contributed by atoms with Crippen molar-refractivity contribution in [1.29, 1.82) is 0 Å². The third kappa shape index (κ3) is 4.75. The Hall–Kier alpha value is -0.650. The number of ether oxygens (including phenoxy) is 1. The van der Waals surface area contributed by atoms with Crippen LogP contribution in [0.1, 0.15) is 38.5 Å². The van der Waals surface area contributed by atoms with Gasteiger partial charge in [-0.3, -0.25) is 9.69 Å². The molecule has 2 aliphatic heterocycles. The Kier molecular flexibility index (Phi) is 6.07. The van der Waals surface area contributed by atoms with Gasteiger partial charge in [0.15, 0.2) is 0 Å². The first kappa shape index (κ1) is 14.8. The van der Waals surface area contributed by atoms with Crippen LogP contribution in [0.3, 0.4) is 0 Å². The standard InChI is InChI=1S/C14H27N3O2/c15-7-6-12-4-1-2-8-17(12)11-14(18)16-10-13-5-3-9-19-13/h12-13H,1-11,15H2,(H,16,18). The second-order valence-corrected chi connectivity index (χ2v) is 5.64. The lowest BCUT2D eigenvalue weighted by atomic mass is 9.99. The van der Waals surface area contributed by atoms with Crippen molar-refractivity contribution in [2.24, 2.45) is 5.73 Å². The summed E-state index contributed by atoms with van der Waals surface area (Å²) in [5.41, 5.74) is 5.65. The molecule has 0 spiro atoms. The van der Waals surface area contributed by atoms with Crippen LogP contribution in [0.2, 0.25) is 0 Å². The van der Waals surface area contributed by atoms with E-state index in [2.05, 4.69) is 10.2 Å². The van der Waals surface area contributed by atoms with Crippen LogP contribution in [-0.4, -0.2) is 55.7 Å². The highest BCUT2D eigenvalue weighted by molar-refractivity contribution is 5.78. The van der Waals surface area contributed by atoms with Crippen molar-refractivity contribution in [3.63, 3.8) is 0 Å². The number of rotatable bonds is 6. The average Bonchev–Trinajstić information content (AvgIpc) is 2.92. The van der Waals surface area contributed by atoms with Gasteiger partial charge in [-0.15, -0.1) is 0 Å². The van der Waals surface area contributed by atoms with E-state index >= 15 is 0 Å². The average molecular weight is 269 g/mol. The first-order valence-corrected chi connectivity index (χ1v) is 7.62. The molecule has 0 saturated carbocycles. The number of nitrogens with zero attached hydrogens (tertiary/aromatic N) is 1. The van der Waals surface area contributed by atoms with Crippen molar-refractivity contribution in [3.8, 4) is 0 Å². The van der Waals surface area contributed by atoms with Crippen molar-refractivity contribution in [1.82, 2.24) is 10.2 Å². The highest BCUT2D eigenvalue weighted by Gasteiger charge is 2.24. The molecule has 2 fully saturated rings. The predicted octanol–water partition coefficient (Wildman–Crippen LogP) is 0.485. The fourth-order valence-corrected chi connectivity index (χ4v) is 3.06. The van der Waals surface area contributed by atoms with Crippen LogP contribution < -0.4 is 11.1 Å². The maximum atomic E-state index is 12.0. The third-order valence-corrected chi connectivity index (χ3v) is 4.15. The van der Waals surface area contributed by atoms with Crippen molar-refractivity contribution >= 4 is 5.91 Å². The van der Waals surface area contributed by atoms with Gasteiger partial charge in [-0.1, -0.05) is 6.42 Å². The van der Waals surface area contributed by atoms with Crippen LogP contribution in [0.25, 0.3) is 0 Å². The molecular weight excluding hydrogens is 242 g/mol. The maximum absolute atomic E-state index is 12.0. The number of nitrogens with two attached hydrogens (primary N) is 1. The largest absolute Gasteiger partial charge is 0.376 e. The minimum atomic E-state index is 0.124. The molecule has 0 aromatic carbocycles. The van der Waals surface area contributed by atoms with Crippen LogP contribution in [0.15, 0.2) is 0 Å². The molecule has 2 unspecified atom stereocenters. The normalized spacial score (nSPS) is 28.5. The SMILES string of the molecule is NCCC1CCCCN1CC(=O)NCC1CCCO1. The van der Waals surface area contributed by atoms with Gasteiger partial charge in [0.2, 0.25) is 5.91 Å².